The summed E-state index contributed by atoms with van der Waals surface area (Å²) >= 11 is 0. The molecule has 0 aliphatic heterocycles. The molecule has 65 valence electrons. The molecule has 0 fully saturated rings. The zero-order chi connectivity index (χ0) is 9.38. The van der Waals surface area contributed by atoms with Gasteiger partial charge in [-0.25, -0.2) is 0 Å². The van der Waals surface area contributed by atoms with E-state index in [1.807, 2.05) is 12.1 Å². The zero-order valence-electron chi connectivity index (χ0n) is 7.70. The van der Waals surface area contributed by atoms with Crippen LogP contribution in [0.25, 0.3) is 21.5 Å². The van der Waals surface area contributed by atoms with Crippen LogP contribution in [0.15, 0.2) is 54.6 Å². The van der Waals surface area contributed by atoms with Crippen molar-refractivity contribution in [1.82, 2.24) is 0 Å². The molecular formula is C14H9. The molecule has 0 amide bonds. The topological polar surface area (TPSA) is 0 Å². The lowest BCUT2D eigenvalue weighted by Gasteiger charge is -2.00. The molecule has 3 rings (SSSR count). The van der Waals surface area contributed by atoms with Gasteiger partial charge >= 0.3 is 0 Å². The van der Waals surface area contributed by atoms with Crippen LogP contribution in [0.2, 0.25) is 0 Å². The minimum absolute atomic E-state index is 1.26. The average molecular weight is 177 g/mol. The fourth-order valence-corrected chi connectivity index (χ4v) is 1.82. The van der Waals surface area contributed by atoms with E-state index in [1.54, 1.807) is 0 Å². The van der Waals surface area contributed by atoms with Crippen molar-refractivity contribution in [2.75, 3.05) is 0 Å². The van der Waals surface area contributed by atoms with Gasteiger partial charge in [-0.2, -0.15) is 0 Å². The molecule has 0 heteroatoms. The van der Waals surface area contributed by atoms with E-state index in [0.29, 0.717) is 0 Å². The second-order valence-electron chi connectivity index (χ2n) is 3.47. The van der Waals surface area contributed by atoms with Crippen molar-refractivity contribution in [3.8, 4) is 0 Å². The Labute approximate surface area is 82.8 Å². The molecule has 3 aromatic carbocycles. The van der Waals surface area contributed by atoms with Gasteiger partial charge in [-0.15, -0.1) is 0 Å². The van der Waals surface area contributed by atoms with E-state index in [0.717, 1.165) is 0 Å². The van der Waals surface area contributed by atoms with Gasteiger partial charge in [-0.05, 0) is 45.8 Å². The highest BCUT2D eigenvalue weighted by Crippen LogP contribution is 2.21. The SMILES string of the molecule is [c]1ccc2cc3ccccc3cc2c1. The summed E-state index contributed by atoms with van der Waals surface area (Å²) in [4.78, 5) is 0. The Hall–Kier alpha value is -1.82. The Morgan fingerprint density at radius 1 is 0.714 bits per heavy atom. The highest BCUT2D eigenvalue weighted by Gasteiger charge is 1.95. The largest absolute Gasteiger partial charge is 0.0616 e. The second-order valence-corrected chi connectivity index (χ2v) is 3.47. The first-order valence-corrected chi connectivity index (χ1v) is 4.72. The lowest BCUT2D eigenvalue weighted by Crippen LogP contribution is -1.74. The van der Waals surface area contributed by atoms with Gasteiger partial charge in [0.15, 0.2) is 0 Å². The van der Waals surface area contributed by atoms with Gasteiger partial charge in [-0.3, -0.25) is 0 Å². The predicted molar refractivity (Wildman–Crippen MR) is 60.3 cm³/mol. The van der Waals surface area contributed by atoms with Crippen molar-refractivity contribution in [1.29, 1.82) is 0 Å². The molecule has 0 atom stereocenters. The van der Waals surface area contributed by atoms with E-state index in [4.69, 9.17) is 0 Å². The molecule has 0 N–H and O–H groups in total. The summed E-state index contributed by atoms with van der Waals surface area (Å²) in [5.74, 6) is 0. The van der Waals surface area contributed by atoms with E-state index >= 15 is 0 Å². The van der Waals surface area contributed by atoms with Gasteiger partial charge in [0.1, 0.15) is 0 Å². The number of fused-ring (bicyclic) bond motifs is 2. The van der Waals surface area contributed by atoms with Crippen LogP contribution < -0.4 is 0 Å². The summed E-state index contributed by atoms with van der Waals surface area (Å²) in [5, 5.41) is 5.12. The van der Waals surface area contributed by atoms with Crippen molar-refractivity contribution >= 4 is 21.5 Å². The van der Waals surface area contributed by atoms with Crippen LogP contribution in [0.1, 0.15) is 0 Å². The lowest BCUT2D eigenvalue weighted by molar-refractivity contribution is 1.75. The third-order valence-electron chi connectivity index (χ3n) is 2.55. The standard InChI is InChI=1S/C14H9/c1-2-6-12-10-14-8-4-3-7-13(14)9-11(12)5-1/h1-3,5-10H. The monoisotopic (exact) mass is 177 g/mol. The minimum Gasteiger partial charge on any atom is -0.0616 e. The van der Waals surface area contributed by atoms with E-state index in [9.17, 15) is 0 Å². The summed E-state index contributed by atoms with van der Waals surface area (Å²) in [7, 11) is 0. The van der Waals surface area contributed by atoms with Crippen LogP contribution in [-0.4, -0.2) is 0 Å². The Balaban J connectivity index is 2.52. The highest BCUT2D eigenvalue weighted by atomic mass is 14.0. The van der Waals surface area contributed by atoms with Gasteiger partial charge in [0.05, 0.1) is 0 Å². The third-order valence-corrected chi connectivity index (χ3v) is 2.55. The first-order chi connectivity index (χ1) is 6.93. The number of hydrogen-bond acceptors (Lipinski definition) is 0. The highest BCUT2D eigenvalue weighted by molar-refractivity contribution is 5.97. The molecule has 0 heterocycles. The van der Waals surface area contributed by atoms with Crippen LogP contribution in [0.5, 0.6) is 0 Å². The molecule has 0 unspecified atom stereocenters. The lowest BCUT2D eigenvalue weighted by atomic mass is 10.0. The molecule has 0 saturated heterocycles. The smallest absolute Gasteiger partial charge is 0.0171 e. The first-order valence-electron chi connectivity index (χ1n) is 4.72. The molecule has 3 aromatic rings. The Bertz CT molecular complexity index is 489. The van der Waals surface area contributed by atoms with Gasteiger partial charge < -0.3 is 0 Å². The summed E-state index contributed by atoms with van der Waals surface area (Å²) in [6.45, 7) is 0. The number of hydrogen-bond donors (Lipinski definition) is 0. The van der Waals surface area contributed by atoms with Crippen LogP contribution in [-0.2, 0) is 0 Å². The summed E-state index contributed by atoms with van der Waals surface area (Å²) in [5.41, 5.74) is 0. The number of benzene rings is 3. The normalized spacial score (nSPS) is 10.9. The molecule has 0 nitrogen and oxygen atoms in total. The van der Waals surface area contributed by atoms with Crippen molar-refractivity contribution in [3.05, 3.63) is 60.7 Å². The molecule has 14 heavy (non-hydrogen) atoms. The van der Waals surface area contributed by atoms with Crippen LogP contribution in [0, 0.1) is 6.07 Å². The Kier molecular flexibility index (Phi) is 1.54. The average Bonchev–Trinajstić information content (AvgIpc) is 2.26. The van der Waals surface area contributed by atoms with Gasteiger partial charge in [0.2, 0.25) is 0 Å². The van der Waals surface area contributed by atoms with Crippen molar-refractivity contribution in [3.63, 3.8) is 0 Å². The van der Waals surface area contributed by atoms with Crippen molar-refractivity contribution in [2.45, 2.75) is 0 Å². The maximum atomic E-state index is 3.10. The molecule has 0 aliphatic carbocycles. The summed E-state index contributed by atoms with van der Waals surface area (Å²) < 4.78 is 0. The Morgan fingerprint density at radius 3 is 2.14 bits per heavy atom. The van der Waals surface area contributed by atoms with E-state index < -0.39 is 0 Å². The Morgan fingerprint density at radius 2 is 1.36 bits per heavy atom. The van der Waals surface area contributed by atoms with Crippen LogP contribution in [0.3, 0.4) is 0 Å². The van der Waals surface area contributed by atoms with E-state index in [-0.39, 0.29) is 0 Å². The molecule has 1 radical (unpaired) electrons. The maximum Gasteiger partial charge on any atom is -0.0171 e. The molecular weight excluding hydrogens is 168 g/mol. The van der Waals surface area contributed by atoms with Gasteiger partial charge in [0, 0.05) is 0 Å². The van der Waals surface area contributed by atoms with E-state index in [1.165, 1.54) is 21.5 Å². The third kappa shape index (κ3) is 1.08. The van der Waals surface area contributed by atoms with Gasteiger partial charge in [0.25, 0.3) is 0 Å². The van der Waals surface area contributed by atoms with Crippen LogP contribution >= 0.6 is 0 Å². The van der Waals surface area contributed by atoms with Crippen molar-refractivity contribution in [2.24, 2.45) is 0 Å². The molecule has 0 aliphatic rings. The van der Waals surface area contributed by atoms with Gasteiger partial charge in [-0.1, -0.05) is 36.4 Å². The fraction of sp³-hybridized carbons (Fsp3) is 0. The quantitative estimate of drug-likeness (QED) is 0.458. The van der Waals surface area contributed by atoms with Crippen LogP contribution in [0.4, 0.5) is 0 Å². The molecule has 0 saturated carbocycles. The fourth-order valence-electron chi connectivity index (χ4n) is 1.82. The summed E-state index contributed by atoms with van der Waals surface area (Å²) in [6.07, 6.45) is 0. The van der Waals surface area contributed by atoms with Crippen molar-refractivity contribution < 1.29 is 0 Å². The maximum absolute atomic E-state index is 3.10. The second kappa shape index (κ2) is 2.85. The molecule has 0 aromatic heterocycles. The summed E-state index contributed by atoms with van der Waals surface area (Å²) in [6, 6.07) is 22.0. The molecule has 0 bridgehead atoms. The first kappa shape index (κ1) is 7.57. The molecule has 0 spiro atoms. The zero-order valence-corrected chi connectivity index (χ0v) is 7.70. The van der Waals surface area contributed by atoms with E-state index in [2.05, 4.69) is 48.5 Å². The predicted octanol–water partition coefficient (Wildman–Crippen LogP) is 3.79. The minimum atomic E-state index is 1.26. The number of rotatable bonds is 0.